The number of nitrogens with two attached hydrogens (primary N) is 1. The minimum absolute atomic E-state index is 0.150. The third-order valence-corrected chi connectivity index (χ3v) is 2.73. The van der Waals surface area contributed by atoms with Gasteiger partial charge in [-0.25, -0.2) is 9.97 Å². The minimum atomic E-state index is -0.165. The van der Waals surface area contributed by atoms with Crippen molar-refractivity contribution in [2.24, 2.45) is 0 Å². The van der Waals surface area contributed by atoms with Crippen molar-refractivity contribution in [3.8, 4) is 0 Å². The van der Waals surface area contributed by atoms with Crippen LogP contribution >= 0.6 is 0 Å². The molecular formula is C11H20N4O. The summed E-state index contributed by atoms with van der Waals surface area (Å²) in [6.45, 7) is 6.07. The van der Waals surface area contributed by atoms with Crippen LogP contribution in [0.25, 0.3) is 0 Å². The van der Waals surface area contributed by atoms with Crippen molar-refractivity contribution >= 4 is 11.6 Å². The number of nitrogens with one attached hydrogen (secondary N) is 1. The highest BCUT2D eigenvalue weighted by molar-refractivity contribution is 5.46. The number of hydrogen-bond donors (Lipinski definition) is 3. The molecule has 1 unspecified atom stereocenters. The van der Waals surface area contributed by atoms with Gasteiger partial charge in [0, 0.05) is 18.2 Å². The van der Waals surface area contributed by atoms with Gasteiger partial charge in [0.25, 0.3) is 0 Å². The monoisotopic (exact) mass is 224 g/mol. The molecule has 4 N–H and O–H groups in total. The van der Waals surface area contributed by atoms with Gasteiger partial charge >= 0.3 is 0 Å². The molecule has 0 saturated carbocycles. The van der Waals surface area contributed by atoms with Gasteiger partial charge in [0.05, 0.1) is 0 Å². The number of rotatable bonds is 5. The van der Waals surface area contributed by atoms with E-state index in [9.17, 15) is 0 Å². The Balaban J connectivity index is 2.85. The second-order valence-corrected chi connectivity index (χ2v) is 4.24. The minimum Gasteiger partial charge on any atom is -0.396 e. The Kier molecular flexibility index (Phi) is 4.06. The summed E-state index contributed by atoms with van der Waals surface area (Å²) in [6, 6.07) is 1.71. The van der Waals surface area contributed by atoms with E-state index < -0.39 is 0 Å². The molecule has 5 nitrogen and oxygen atoms in total. The van der Waals surface area contributed by atoms with Crippen molar-refractivity contribution in [3.63, 3.8) is 0 Å². The lowest BCUT2D eigenvalue weighted by atomic mass is 9.95. The Hall–Kier alpha value is -1.36. The van der Waals surface area contributed by atoms with Crippen molar-refractivity contribution in [2.45, 2.75) is 39.2 Å². The van der Waals surface area contributed by atoms with Crippen molar-refractivity contribution in [3.05, 3.63) is 11.9 Å². The van der Waals surface area contributed by atoms with Crippen LogP contribution in [0.2, 0.25) is 0 Å². The molecule has 0 amide bonds. The zero-order valence-corrected chi connectivity index (χ0v) is 10.1. The predicted molar refractivity (Wildman–Crippen MR) is 65.2 cm³/mol. The standard InChI is InChI=1S/C11H20N4O/c1-4-11(3,5-6-16)15-10-7-9(12)13-8(2)14-10/h7,16H,4-6H2,1-3H3,(H3,12,13,14,15). The number of aryl methyl sites for hydroxylation is 1. The van der Waals surface area contributed by atoms with E-state index in [0.29, 0.717) is 23.9 Å². The molecule has 90 valence electrons. The van der Waals surface area contributed by atoms with Gasteiger partial charge in [-0.2, -0.15) is 0 Å². The zero-order valence-electron chi connectivity index (χ0n) is 10.1. The Morgan fingerprint density at radius 1 is 1.50 bits per heavy atom. The van der Waals surface area contributed by atoms with Gasteiger partial charge in [-0.3, -0.25) is 0 Å². The lowest BCUT2D eigenvalue weighted by Gasteiger charge is -2.29. The van der Waals surface area contributed by atoms with Gasteiger partial charge < -0.3 is 16.2 Å². The summed E-state index contributed by atoms with van der Waals surface area (Å²) in [5, 5.41) is 12.3. The lowest BCUT2D eigenvalue weighted by molar-refractivity contribution is 0.252. The molecule has 16 heavy (non-hydrogen) atoms. The average molecular weight is 224 g/mol. The van der Waals surface area contributed by atoms with Crippen LogP contribution in [0.4, 0.5) is 11.6 Å². The molecule has 0 fully saturated rings. The van der Waals surface area contributed by atoms with E-state index in [1.54, 1.807) is 13.0 Å². The molecule has 0 spiro atoms. The summed E-state index contributed by atoms with van der Waals surface area (Å²) in [6.07, 6.45) is 1.57. The first-order chi connectivity index (χ1) is 7.49. The molecule has 1 aromatic heterocycles. The molecule has 1 aromatic rings. The Labute approximate surface area is 96.1 Å². The Morgan fingerprint density at radius 3 is 2.69 bits per heavy atom. The highest BCUT2D eigenvalue weighted by atomic mass is 16.3. The van der Waals surface area contributed by atoms with Gasteiger partial charge in [-0.15, -0.1) is 0 Å². The van der Waals surface area contributed by atoms with E-state index in [4.69, 9.17) is 10.8 Å². The maximum Gasteiger partial charge on any atom is 0.132 e. The van der Waals surface area contributed by atoms with E-state index in [2.05, 4.69) is 29.1 Å². The number of nitrogen functional groups attached to an aromatic ring is 1. The van der Waals surface area contributed by atoms with Crippen molar-refractivity contribution < 1.29 is 5.11 Å². The number of anilines is 2. The van der Waals surface area contributed by atoms with Crippen molar-refractivity contribution in [1.29, 1.82) is 0 Å². The number of aliphatic hydroxyl groups excluding tert-OH is 1. The van der Waals surface area contributed by atoms with E-state index in [1.165, 1.54) is 0 Å². The smallest absolute Gasteiger partial charge is 0.132 e. The highest BCUT2D eigenvalue weighted by Crippen LogP contribution is 2.21. The largest absolute Gasteiger partial charge is 0.396 e. The van der Waals surface area contributed by atoms with Crippen molar-refractivity contribution in [1.82, 2.24) is 9.97 Å². The van der Waals surface area contributed by atoms with Crippen LogP contribution in [0.5, 0.6) is 0 Å². The van der Waals surface area contributed by atoms with Crippen LogP contribution in [-0.4, -0.2) is 27.2 Å². The first-order valence-electron chi connectivity index (χ1n) is 5.49. The molecule has 1 heterocycles. The quantitative estimate of drug-likeness (QED) is 0.702. The fourth-order valence-corrected chi connectivity index (χ4v) is 1.54. The van der Waals surface area contributed by atoms with Gasteiger partial charge in [-0.1, -0.05) is 6.92 Å². The van der Waals surface area contributed by atoms with Crippen LogP contribution < -0.4 is 11.1 Å². The second-order valence-electron chi connectivity index (χ2n) is 4.24. The van der Waals surface area contributed by atoms with E-state index in [0.717, 1.165) is 6.42 Å². The SMILES string of the molecule is CCC(C)(CCO)Nc1cc(N)nc(C)n1. The number of hydrogen-bond acceptors (Lipinski definition) is 5. The first-order valence-corrected chi connectivity index (χ1v) is 5.49. The molecule has 1 atom stereocenters. The summed E-state index contributed by atoms with van der Waals surface area (Å²) in [5.74, 6) is 1.81. The highest BCUT2D eigenvalue weighted by Gasteiger charge is 2.21. The summed E-state index contributed by atoms with van der Waals surface area (Å²) >= 11 is 0. The van der Waals surface area contributed by atoms with Gasteiger partial charge in [0.2, 0.25) is 0 Å². The van der Waals surface area contributed by atoms with Gasteiger partial charge in [0.1, 0.15) is 17.5 Å². The number of aliphatic hydroxyl groups is 1. The third kappa shape index (κ3) is 3.34. The van der Waals surface area contributed by atoms with E-state index in [-0.39, 0.29) is 12.1 Å². The zero-order chi connectivity index (χ0) is 12.2. The van der Waals surface area contributed by atoms with Crippen LogP contribution in [0.15, 0.2) is 6.07 Å². The molecule has 0 aromatic carbocycles. The summed E-state index contributed by atoms with van der Waals surface area (Å²) in [7, 11) is 0. The Morgan fingerprint density at radius 2 is 2.19 bits per heavy atom. The number of aromatic nitrogens is 2. The molecule has 0 aliphatic carbocycles. The molecule has 0 saturated heterocycles. The fraction of sp³-hybridized carbons (Fsp3) is 0.636. The maximum absolute atomic E-state index is 9.02. The molecule has 0 radical (unpaired) electrons. The first kappa shape index (κ1) is 12.7. The molecule has 1 rings (SSSR count). The van der Waals surface area contributed by atoms with E-state index in [1.807, 2.05) is 0 Å². The molecule has 0 bridgehead atoms. The van der Waals surface area contributed by atoms with Crippen LogP contribution in [-0.2, 0) is 0 Å². The summed E-state index contributed by atoms with van der Waals surface area (Å²) in [5.41, 5.74) is 5.49. The lowest BCUT2D eigenvalue weighted by Crippen LogP contribution is -2.35. The third-order valence-electron chi connectivity index (χ3n) is 2.73. The molecule has 0 aliphatic heterocycles. The Bertz CT molecular complexity index is 336. The maximum atomic E-state index is 9.02. The fourth-order valence-electron chi connectivity index (χ4n) is 1.54. The topological polar surface area (TPSA) is 84.1 Å². The molecule has 5 heteroatoms. The van der Waals surface area contributed by atoms with Crippen molar-refractivity contribution in [2.75, 3.05) is 17.7 Å². The van der Waals surface area contributed by atoms with Crippen LogP contribution in [0.1, 0.15) is 32.5 Å². The average Bonchev–Trinajstić information content (AvgIpc) is 2.16. The van der Waals surface area contributed by atoms with Gasteiger partial charge in [0.15, 0.2) is 0 Å². The molecular weight excluding hydrogens is 204 g/mol. The molecule has 0 aliphatic rings. The summed E-state index contributed by atoms with van der Waals surface area (Å²) < 4.78 is 0. The second kappa shape index (κ2) is 5.12. The van der Waals surface area contributed by atoms with E-state index >= 15 is 0 Å². The van der Waals surface area contributed by atoms with Crippen LogP contribution in [0, 0.1) is 6.92 Å². The van der Waals surface area contributed by atoms with Gasteiger partial charge in [-0.05, 0) is 26.7 Å². The predicted octanol–water partition coefficient (Wildman–Crippen LogP) is 1.33. The number of nitrogens with zero attached hydrogens (tertiary/aromatic N) is 2. The normalized spacial score (nSPS) is 14.5. The van der Waals surface area contributed by atoms with Crippen LogP contribution in [0.3, 0.4) is 0 Å². The summed E-state index contributed by atoms with van der Waals surface area (Å²) in [4.78, 5) is 8.28.